The summed E-state index contributed by atoms with van der Waals surface area (Å²) in [6.07, 6.45) is 4.66. The normalized spacial score (nSPS) is 24.7. The van der Waals surface area contributed by atoms with Crippen molar-refractivity contribution in [3.63, 3.8) is 0 Å². The smallest absolute Gasteiger partial charge is 0.342 e. The van der Waals surface area contributed by atoms with Crippen molar-refractivity contribution >= 4 is 17.8 Å². The monoisotopic (exact) mass is 328 g/mol. The number of Topliss-reactive ketones (excluding diaryl/α,β-unsaturated/α-hetero) is 1. The minimum atomic E-state index is -0.490. The second-order valence-electron chi connectivity index (χ2n) is 7.29. The van der Waals surface area contributed by atoms with Gasteiger partial charge in [0.15, 0.2) is 5.78 Å². The topological polar surface area (TPSA) is 43.4 Å². The van der Waals surface area contributed by atoms with Gasteiger partial charge in [-0.3, -0.25) is 4.79 Å². The van der Waals surface area contributed by atoms with Crippen LogP contribution in [0.2, 0.25) is 0 Å². The summed E-state index contributed by atoms with van der Waals surface area (Å²) in [5.74, 6) is 0.644. The largest absolute Gasteiger partial charge is 0.458 e. The summed E-state index contributed by atoms with van der Waals surface area (Å²) in [6.45, 7) is 7.96. The summed E-state index contributed by atoms with van der Waals surface area (Å²) in [7, 11) is 0. The number of benzene rings is 1. The van der Waals surface area contributed by atoms with Crippen LogP contribution in [0.25, 0.3) is 6.08 Å². The van der Waals surface area contributed by atoms with Crippen LogP contribution in [0, 0.1) is 17.8 Å². The van der Waals surface area contributed by atoms with Crippen molar-refractivity contribution in [3.8, 4) is 0 Å². The summed E-state index contributed by atoms with van der Waals surface area (Å²) in [6, 6.07) is 9.41. The van der Waals surface area contributed by atoms with Gasteiger partial charge < -0.3 is 4.74 Å². The molecule has 130 valence electrons. The van der Waals surface area contributed by atoms with E-state index < -0.39 is 5.97 Å². The van der Waals surface area contributed by atoms with Gasteiger partial charge in [-0.25, -0.2) is 4.79 Å². The van der Waals surface area contributed by atoms with E-state index in [0.717, 1.165) is 18.4 Å². The summed E-state index contributed by atoms with van der Waals surface area (Å²) in [5.41, 5.74) is 0.957. The number of carbonyl (C=O) groups is 2. The number of hydrogen-bond donors (Lipinski definition) is 0. The van der Waals surface area contributed by atoms with Gasteiger partial charge in [0, 0.05) is 0 Å². The van der Waals surface area contributed by atoms with Gasteiger partial charge in [-0.15, -0.1) is 0 Å². The Bertz CT molecular complexity index is 601. The average molecular weight is 328 g/mol. The molecule has 1 saturated carbocycles. The van der Waals surface area contributed by atoms with E-state index >= 15 is 0 Å². The highest BCUT2D eigenvalue weighted by Crippen LogP contribution is 2.35. The van der Waals surface area contributed by atoms with E-state index in [1.807, 2.05) is 30.3 Å². The summed E-state index contributed by atoms with van der Waals surface area (Å²) in [4.78, 5) is 24.6. The van der Waals surface area contributed by atoms with E-state index in [-0.39, 0.29) is 17.5 Å². The number of ketones is 1. The van der Waals surface area contributed by atoms with E-state index in [9.17, 15) is 9.59 Å². The molecule has 1 aromatic rings. The van der Waals surface area contributed by atoms with Gasteiger partial charge >= 0.3 is 5.97 Å². The quantitative estimate of drug-likeness (QED) is 0.342. The molecule has 2 rings (SSSR count). The van der Waals surface area contributed by atoms with E-state index in [4.69, 9.17) is 4.74 Å². The lowest BCUT2D eigenvalue weighted by atomic mass is 9.75. The van der Waals surface area contributed by atoms with Crippen molar-refractivity contribution in [1.82, 2.24) is 0 Å². The lowest BCUT2D eigenvalue weighted by Crippen LogP contribution is -2.36. The van der Waals surface area contributed by atoms with Crippen LogP contribution in [0.3, 0.4) is 0 Å². The van der Waals surface area contributed by atoms with Crippen molar-refractivity contribution < 1.29 is 14.3 Å². The first-order chi connectivity index (χ1) is 11.4. The number of esters is 1. The van der Waals surface area contributed by atoms with Crippen molar-refractivity contribution in [1.29, 1.82) is 0 Å². The zero-order valence-electron chi connectivity index (χ0n) is 15.1. The predicted octanol–water partition coefficient (Wildman–Crippen LogP) is 4.66. The Labute approximate surface area is 145 Å². The molecule has 0 spiro atoms. The minimum absolute atomic E-state index is 0.0974. The summed E-state index contributed by atoms with van der Waals surface area (Å²) in [5, 5.41) is 0. The van der Waals surface area contributed by atoms with Crippen molar-refractivity contribution in [2.75, 3.05) is 0 Å². The van der Waals surface area contributed by atoms with Crippen LogP contribution < -0.4 is 0 Å². The Kier molecular flexibility index (Phi) is 6.36. The van der Waals surface area contributed by atoms with Crippen LogP contribution in [0.4, 0.5) is 0 Å². The highest BCUT2D eigenvalue weighted by molar-refractivity contribution is 6.19. The Morgan fingerprint density at radius 2 is 1.83 bits per heavy atom. The molecule has 1 aliphatic rings. The SMILES string of the molecule is CC(=O)/C(=C\c1ccccc1)C(=O)O[C@@H]1C[C@H](C)CC[C@@H]1C(C)C. The molecule has 0 aliphatic heterocycles. The first kappa shape index (κ1) is 18.4. The number of ether oxygens (including phenoxy) is 1. The fraction of sp³-hybridized carbons (Fsp3) is 0.524. The molecular formula is C21H28O3. The first-order valence-electron chi connectivity index (χ1n) is 8.87. The van der Waals surface area contributed by atoms with E-state index in [2.05, 4.69) is 20.8 Å². The molecule has 0 radical (unpaired) electrons. The van der Waals surface area contributed by atoms with Crippen molar-refractivity contribution in [3.05, 3.63) is 41.5 Å². The first-order valence-corrected chi connectivity index (χ1v) is 8.87. The molecular weight excluding hydrogens is 300 g/mol. The molecule has 0 N–H and O–H groups in total. The van der Waals surface area contributed by atoms with Crippen LogP contribution in [0.1, 0.15) is 52.5 Å². The highest BCUT2D eigenvalue weighted by Gasteiger charge is 2.34. The van der Waals surface area contributed by atoms with Crippen LogP contribution in [0.5, 0.6) is 0 Å². The maximum atomic E-state index is 12.6. The molecule has 1 fully saturated rings. The van der Waals surface area contributed by atoms with Gasteiger partial charge in [0.25, 0.3) is 0 Å². The standard InChI is InChI=1S/C21H28O3/c1-14(2)18-11-10-15(3)12-20(18)24-21(23)19(16(4)22)13-17-8-6-5-7-9-17/h5-9,13-15,18,20H,10-12H2,1-4H3/b19-13+/t15-,18-,20-/m1/s1. The minimum Gasteiger partial charge on any atom is -0.458 e. The zero-order valence-corrected chi connectivity index (χ0v) is 15.1. The van der Waals surface area contributed by atoms with Crippen molar-refractivity contribution in [2.45, 2.75) is 53.1 Å². The Hall–Kier alpha value is -1.90. The third-order valence-corrected chi connectivity index (χ3v) is 4.93. The molecule has 24 heavy (non-hydrogen) atoms. The number of carbonyl (C=O) groups excluding carboxylic acids is 2. The molecule has 0 unspecified atom stereocenters. The van der Waals surface area contributed by atoms with Crippen LogP contribution in [-0.2, 0) is 14.3 Å². The van der Waals surface area contributed by atoms with Gasteiger partial charge in [-0.05, 0) is 49.2 Å². The second-order valence-corrected chi connectivity index (χ2v) is 7.29. The fourth-order valence-corrected chi connectivity index (χ4v) is 3.47. The number of rotatable bonds is 5. The molecule has 0 heterocycles. The lowest BCUT2D eigenvalue weighted by molar-refractivity contribution is -0.151. The molecule has 3 atom stereocenters. The fourth-order valence-electron chi connectivity index (χ4n) is 3.47. The third-order valence-electron chi connectivity index (χ3n) is 4.93. The number of hydrogen-bond acceptors (Lipinski definition) is 3. The highest BCUT2D eigenvalue weighted by atomic mass is 16.5. The van der Waals surface area contributed by atoms with Crippen LogP contribution in [0.15, 0.2) is 35.9 Å². The molecule has 1 aromatic carbocycles. The average Bonchev–Trinajstić information content (AvgIpc) is 2.53. The van der Waals surface area contributed by atoms with Gasteiger partial charge in [0.05, 0.1) is 0 Å². The van der Waals surface area contributed by atoms with E-state index in [1.165, 1.54) is 13.3 Å². The molecule has 3 heteroatoms. The van der Waals surface area contributed by atoms with Gasteiger partial charge in [0.2, 0.25) is 0 Å². The maximum absolute atomic E-state index is 12.6. The van der Waals surface area contributed by atoms with Gasteiger partial charge in [0.1, 0.15) is 11.7 Å². The third kappa shape index (κ3) is 4.80. The van der Waals surface area contributed by atoms with Gasteiger partial charge in [-0.1, -0.05) is 57.5 Å². The van der Waals surface area contributed by atoms with Crippen LogP contribution in [-0.4, -0.2) is 17.9 Å². The Balaban J connectivity index is 2.18. The summed E-state index contributed by atoms with van der Waals surface area (Å²) < 4.78 is 5.80. The van der Waals surface area contributed by atoms with E-state index in [0.29, 0.717) is 17.8 Å². The lowest BCUT2D eigenvalue weighted by Gasteiger charge is -2.36. The molecule has 0 saturated heterocycles. The molecule has 1 aliphatic carbocycles. The molecule has 0 amide bonds. The Morgan fingerprint density at radius 3 is 2.42 bits per heavy atom. The predicted molar refractivity (Wildman–Crippen MR) is 96.3 cm³/mol. The summed E-state index contributed by atoms with van der Waals surface area (Å²) >= 11 is 0. The Morgan fingerprint density at radius 1 is 1.17 bits per heavy atom. The zero-order chi connectivity index (χ0) is 17.7. The molecule has 0 bridgehead atoms. The van der Waals surface area contributed by atoms with E-state index in [1.54, 1.807) is 6.08 Å². The van der Waals surface area contributed by atoms with Crippen molar-refractivity contribution in [2.24, 2.45) is 17.8 Å². The molecule has 3 nitrogen and oxygen atoms in total. The maximum Gasteiger partial charge on any atom is 0.342 e. The molecule has 0 aromatic heterocycles. The second kappa shape index (κ2) is 8.27. The van der Waals surface area contributed by atoms with Crippen LogP contribution >= 0.6 is 0 Å². The van der Waals surface area contributed by atoms with Gasteiger partial charge in [-0.2, -0.15) is 0 Å².